The van der Waals surface area contributed by atoms with Crippen LogP contribution in [0.3, 0.4) is 0 Å². The van der Waals surface area contributed by atoms with Crippen LogP contribution in [0.15, 0.2) is 0 Å². The van der Waals surface area contributed by atoms with Crippen LogP contribution in [0.4, 0.5) is 0 Å². The number of rotatable bonds is 4. The summed E-state index contributed by atoms with van der Waals surface area (Å²) in [7, 11) is 1.92. The predicted molar refractivity (Wildman–Crippen MR) is 119 cm³/mol. The van der Waals surface area contributed by atoms with Gasteiger partial charge < -0.3 is 14.2 Å². The van der Waals surface area contributed by atoms with Gasteiger partial charge in [-0.3, -0.25) is 0 Å². The molecule has 4 heterocycles. The molecule has 6 heteroatoms. The van der Waals surface area contributed by atoms with Crippen molar-refractivity contribution in [2.45, 2.75) is 90.9 Å². The number of hydrogen-bond acceptors (Lipinski definition) is 5. The SMILES string of the molecule is COC1CCSC(C2CCCCS2)(C2OCCCC2Br)C1C1CCCCO1. The Balaban J connectivity index is 1.74. The Morgan fingerprint density at radius 3 is 2.48 bits per heavy atom. The Kier molecular flexibility index (Phi) is 7.82. The van der Waals surface area contributed by atoms with Crippen molar-refractivity contribution in [3.63, 3.8) is 0 Å². The normalized spacial score (nSPS) is 46.9. The minimum absolute atomic E-state index is 0.0978. The van der Waals surface area contributed by atoms with Crippen LogP contribution in [0.2, 0.25) is 0 Å². The summed E-state index contributed by atoms with van der Waals surface area (Å²) >= 11 is 8.48. The highest BCUT2D eigenvalue weighted by Crippen LogP contribution is 2.57. The monoisotopic (exact) mass is 478 g/mol. The summed E-state index contributed by atoms with van der Waals surface area (Å²) in [5, 5.41) is 0.646. The third-order valence-corrected chi connectivity index (χ3v) is 11.3. The van der Waals surface area contributed by atoms with Crippen molar-refractivity contribution in [3.8, 4) is 0 Å². The largest absolute Gasteiger partial charge is 0.381 e. The third kappa shape index (κ3) is 4.27. The lowest BCUT2D eigenvalue weighted by molar-refractivity contribution is -0.117. The van der Waals surface area contributed by atoms with Crippen LogP contribution >= 0.6 is 39.5 Å². The van der Waals surface area contributed by atoms with Gasteiger partial charge in [0.1, 0.15) is 0 Å². The average Bonchev–Trinajstić information content (AvgIpc) is 2.74. The Hall–Kier alpha value is 1.06. The van der Waals surface area contributed by atoms with Gasteiger partial charge in [0.2, 0.25) is 0 Å². The first kappa shape index (κ1) is 21.3. The smallest absolute Gasteiger partial charge is 0.0861 e. The van der Waals surface area contributed by atoms with Gasteiger partial charge in [0, 0.05) is 36.3 Å². The van der Waals surface area contributed by atoms with Gasteiger partial charge in [0.05, 0.1) is 23.1 Å². The summed E-state index contributed by atoms with van der Waals surface area (Å²) in [5.41, 5.74) is 0. The van der Waals surface area contributed by atoms with Gasteiger partial charge in [-0.2, -0.15) is 23.5 Å². The summed E-state index contributed by atoms with van der Waals surface area (Å²) in [5.74, 6) is 2.90. The van der Waals surface area contributed by atoms with E-state index in [1.165, 1.54) is 62.9 Å². The molecule has 156 valence electrons. The van der Waals surface area contributed by atoms with E-state index in [9.17, 15) is 0 Å². The zero-order valence-corrected chi connectivity index (χ0v) is 19.8. The molecule has 0 aromatic carbocycles. The fraction of sp³-hybridized carbons (Fsp3) is 1.00. The molecule has 0 aromatic rings. The number of halogens is 1. The summed E-state index contributed by atoms with van der Waals surface area (Å²) in [4.78, 5) is 0.447. The first-order valence-electron chi connectivity index (χ1n) is 10.9. The quantitative estimate of drug-likeness (QED) is 0.511. The lowest BCUT2D eigenvalue weighted by Crippen LogP contribution is -2.66. The maximum absolute atomic E-state index is 6.61. The summed E-state index contributed by atoms with van der Waals surface area (Å²) in [6.45, 7) is 1.82. The fourth-order valence-electron chi connectivity index (χ4n) is 5.78. The molecular weight excluding hydrogens is 444 g/mol. The van der Waals surface area contributed by atoms with Gasteiger partial charge in [-0.15, -0.1) is 0 Å². The van der Waals surface area contributed by atoms with Gasteiger partial charge >= 0.3 is 0 Å². The molecule has 4 saturated heterocycles. The van der Waals surface area contributed by atoms with E-state index < -0.39 is 0 Å². The summed E-state index contributed by atoms with van der Waals surface area (Å²) in [6.07, 6.45) is 12.1. The highest BCUT2D eigenvalue weighted by Gasteiger charge is 2.61. The molecule has 4 aliphatic rings. The van der Waals surface area contributed by atoms with E-state index in [1.807, 2.05) is 7.11 Å². The standard InChI is InChI=1S/C21H35BrO3S2/c1-23-16-10-14-27-21(18-9-3-5-13-26-18,20-15(22)7-6-12-25-20)19(16)17-8-2-4-11-24-17/h15-20H,2-14H2,1H3. The van der Waals surface area contributed by atoms with Crippen LogP contribution < -0.4 is 0 Å². The molecule has 27 heavy (non-hydrogen) atoms. The summed E-state index contributed by atoms with van der Waals surface area (Å²) in [6, 6.07) is 0. The van der Waals surface area contributed by atoms with Crippen molar-refractivity contribution in [2.24, 2.45) is 5.92 Å². The van der Waals surface area contributed by atoms with E-state index in [1.54, 1.807) is 0 Å². The molecule has 0 spiro atoms. The molecule has 4 fully saturated rings. The van der Waals surface area contributed by atoms with E-state index in [0.717, 1.165) is 19.6 Å². The zero-order valence-electron chi connectivity index (χ0n) is 16.6. The Labute approximate surface area is 181 Å². The molecule has 0 bridgehead atoms. The molecule has 0 aliphatic carbocycles. The summed E-state index contributed by atoms with van der Waals surface area (Å²) < 4.78 is 19.3. The van der Waals surface area contributed by atoms with E-state index in [4.69, 9.17) is 14.2 Å². The number of thioether (sulfide) groups is 2. The lowest BCUT2D eigenvalue weighted by Gasteiger charge is -2.58. The first-order valence-corrected chi connectivity index (χ1v) is 13.9. The first-order chi connectivity index (χ1) is 13.3. The topological polar surface area (TPSA) is 27.7 Å². The Bertz CT molecular complexity index is 470. The van der Waals surface area contributed by atoms with Crippen molar-refractivity contribution in [3.05, 3.63) is 0 Å². The van der Waals surface area contributed by atoms with Crippen molar-refractivity contribution in [2.75, 3.05) is 31.8 Å². The van der Waals surface area contributed by atoms with Gasteiger partial charge in [0.25, 0.3) is 0 Å². The van der Waals surface area contributed by atoms with Crippen molar-refractivity contribution in [1.82, 2.24) is 0 Å². The fourth-order valence-corrected chi connectivity index (χ4v) is 10.7. The highest BCUT2D eigenvalue weighted by molar-refractivity contribution is 9.09. The van der Waals surface area contributed by atoms with E-state index in [-0.39, 0.29) is 10.9 Å². The molecule has 4 rings (SSSR count). The molecule has 0 N–H and O–H groups in total. The van der Waals surface area contributed by atoms with Gasteiger partial charge in [-0.1, -0.05) is 22.4 Å². The molecule has 0 aromatic heterocycles. The minimum Gasteiger partial charge on any atom is -0.381 e. The van der Waals surface area contributed by atoms with Crippen LogP contribution in [0.1, 0.15) is 57.8 Å². The molecule has 7 unspecified atom stereocenters. The van der Waals surface area contributed by atoms with E-state index in [0.29, 0.717) is 28.2 Å². The third-order valence-electron chi connectivity index (χ3n) is 6.97. The van der Waals surface area contributed by atoms with Gasteiger partial charge in [0.15, 0.2) is 0 Å². The average molecular weight is 480 g/mol. The van der Waals surface area contributed by atoms with E-state index in [2.05, 4.69) is 39.5 Å². The molecule has 7 atom stereocenters. The molecule has 3 nitrogen and oxygen atoms in total. The van der Waals surface area contributed by atoms with Crippen molar-refractivity contribution >= 4 is 39.5 Å². The molecule has 0 radical (unpaired) electrons. The Morgan fingerprint density at radius 2 is 1.78 bits per heavy atom. The van der Waals surface area contributed by atoms with Crippen LogP contribution in [-0.4, -0.2) is 65.0 Å². The maximum Gasteiger partial charge on any atom is 0.0861 e. The number of methoxy groups -OCH3 is 1. The number of hydrogen-bond donors (Lipinski definition) is 0. The number of alkyl halides is 1. The Morgan fingerprint density at radius 1 is 0.926 bits per heavy atom. The second kappa shape index (κ2) is 9.91. The lowest BCUT2D eigenvalue weighted by atomic mass is 9.71. The molecule has 0 saturated carbocycles. The van der Waals surface area contributed by atoms with Crippen LogP contribution in [-0.2, 0) is 14.2 Å². The predicted octanol–water partition coefficient (Wildman–Crippen LogP) is 5.29. The molecular formula is C21H35BrO3S2. The van der Waals surface area contributed by atoms with Crippen molar-refractivity contribution in [1.29, 1.82) is 0 Å². The van der Waals surface area contributed by atoms with Crippen LogP contribution in [0.5, 0.6) is 0 Å². The second-order valence-corrected chi connectivity index (χ2v) is 12.4. The minimum atomic E-state index is 0.0978. The highest BCUT2D eigenvalue weighted by atomic mass is 79.9. The second-order valence-electron chi connectivity index (χ2n) is 8.50. The van der Waals surface area contributed by atoms with E-state index >= 15 is 0 Å². The van der Waals surface area contributed by atoms with Crippen LogP contribution in [0.25, 0.3) is 0 Å². The van der Waals surface area contributed by atoms with Crippen LogP contribution in [0, 0.1) is 5.92 Å². The van der Waals surface area contributed by atoms with Gasteiger partial charge in [-0.25, -0.2) is 0 Å². The molecule has 0 amide bonds. The molecule has 4 aliphatic heterocycles. The van der Waals surface area contributed by atoms with Crippen molar-refractivity contribution < 1.29 is 14.2 Å². The van der Waals surface area contributed by atoms with Gasteiger partial charge in [-0.05, 0) is 62.9 Å². The zero-order chi connectivity index (χ0) is 18.7. The maximum atomic E-state index is 6.61. The number of ether oxygens (including phenoxy) is 3.